The van der Waals surface area contributed by atoms with Crippen LogP contribution in [0.1, 0.15) is 49.3 Å². The van der Waals surface area contributed by atoms with Gasteiger partial charge in [-0.2, -0.15) is 0 Å². The summed E-state index contributed by atoms with van der Waals surface area (Å²) in [6.07, 6.45) is 0. The van der Waals surface area contributed by atoms with Crippen LogP contribution in [0.2, 0.25) is 0 Å². The van der Waals surface area contributed by atoms with Crippen molar-refractivity contribution in [3.63, 3.8) is 0 Å². The Morgan fingerprint density at radius 1 is 1.13 bits per heavy atom. The first-order valence-corrected chi connectivity index (χ1v) is 6.43. The van der Waals surface area contributed by atoms with E-state index in [0.29, 0.717) is 18.0 Å². The fourth-order valence-electron chi connectivity index (χ4n) is 1.61. The Morgan fingerprint density at radius 3 is 2.13 bits per heavy atom. The van der Waals surface area contributed by atoms with E-state index in [1.807, 2.05) is 0 Å². The van der Waals surface area contributed by atoms with Crippen molar-refractivity contribution in [2.75, 3.05) is 0 Å². The standard InChI is InChI=1S/C12H22N2S/c1-7(2)8(3)13-9(4)12-10(5)15-11(6)14-12/h7-9,13H,1-6H3. The quantitative estimate of drug-likeness (QED) is 0.850. The first kappa shape index (κ1) is 12.7. The molecule has 3 heteroatoms. The highest BCUT2D eigenvalue weighted by Gasteiger charge is 2.16. The van der Waals surface area contributed by atoms with E-state index < -0.39 is 0 Å². The van der Waals surface area contributed by atoms with Crippen molar-refractivity contribution >= 4 is 11.3 Å². The Bertz CT molecular complexity index is 317. The van der Waals surface area contributed by atoms with E-state index in [1.165, 1.54) is 10.6 Å². The molecule has 0 radical (unpaired) electrons. The summed E-state index contributed by atoms with van der Waals surface area (Å²) in [6.45, 7) is 13.1. The van der Waals surface area contributed by atoms with Crippen molar-refractivity contribution in [3.8, 4) is 0 Å². The topological polar surface area (TPSA) is 24.9 Å². The van der Waals surface area contributed by atoms with Crippen LogP contribution in [0.4, 0.5) is 0 Å². The van der Waals surface area contributed by atoms with Crippen LogP contribution in [0.15, 0.2) is 0 Å². The molecule has 1 rings (SSSR count). The lowest BCUT2D eigenvalue weighted by molar-refractivity contribution is 0.385. The first-order chi connectivity index (χ1) is 6.91. The number of nitrogens with zero attached hydrogens (tertiary/aromatic N) is 1. The van der Waals surface area contributed by atoms with Crippen LogP contribution in [-0.4, -0.2) is 11.0 Å². The number of nitrogens with one attached hydrogen (secondary N) is 1. The molecule has 0 fully saturated rings. The third-order valence-corrected chi connectivity index (χ3v) is 3.76. The normalized spacial score (nSPS) is 15.7. The summed E-state index contributed by atoms with van der Waals surface area (Å²) in [6, 6.07) is 0.883. The number of thiazole rings is 1. The largest absolute Gasteiger partial charge is 0.306 e. The summed E-state index contributed by atoms with van der Waals surface area (Å²) in [4.78, 5) is 5.92. The van der Waals surface area contributed by atoms with Crippen molar-refractivity contribution in [1.29, 1.82) is 0 Å². The molecule has 1 aromatic rings. The Morgan fingerprint density at radius 2 is 1.73 bits per heavy atom. The maximum atomic E-state index is 4.58. The minimum absolute atomic E-state index is 0.354. The zero-order valence-electron chi connectivity index (χ0n) is 10.6. The molecular weight excluding hydrogens is 204 g/mol. The summed E-state index contributed by atoms with van der Waals surface area (Å²) in [5.41, 5.74) is 1.21. The lowest BCUT2D eigenvalue weighted by Gasteiger charge is -2.22. The molecule has 0 saturated carbocycles. The van der Waals surface area contributed by atoms with E-state index in [-0.39, 0.29) is 0 Å². The zero-order valence-corrected chi connectivity index (χ0v) is 11.4. The summed E-state index contributed by atoms with van der Waals surface area (Å²) < 4.78 is 0. The van der Waals surface area contributed by atoms with E-state index in [2.05, 4.69) is 51.8 Å². The van der Waals surface area contributed by atoms with E-state index in [4.69, 9.17) is 0 Å². The molecule has 0 bridgehead atoms. The number of hydrogen-bond donors (Lipinski definition) is 1. The van der Waals surface area contributed by atoms with Crippen molar-refractivity contribution in [1.82, 2.24) is 10.3 Å². The molecule has 0 aliphatic carbocycles. The van der Waals surface area contributed by atoms with E-state index in [9.17, 15) is 0 Å². The molecule has 0 aliphatic heterocycles. The molecule has 2 nitrogen and oxygen atoms in total. The maximum absolute atomic E-state index is 4.58. The van der Waals surface area contributed by atoms with Gasteiger partial charge < -0.3 is 5.32 Å². The SMILES string of the molecule is Cc1nc(C(C)NC(C)C(C)C)c(C)s1. The summed E-state index contributed by atoms with van der Waals surface area (Å²) in [5, 5.41) is 4.75. The average molecular weight is 226 g/mol. The first-order valence-electron chi connectivity index (χ1n) is 5.61. The predicted octanol–water partition coefficient (Wildman–Crippen LogP) is 3.46. The van der Waals surface area contributed by atoms with Gasteiger partial charge >= 0.3 is 0 Å². The van der Waals surface area contributed by atoms with Crippen LogP contribution in [-0.2, 0) is 0 Å². The van der Waals surface area contributed by atoms with E-state index in [1.54, 1.807) is 11.3 Å². The van der Waals surface area contributed by atoms with Gasteiger partial charge in [-0.3, -0.25) is 0 Å². The van der Waals surface area contributed by atoms with Gasteiger partial charge in [0, 0.05) is 17.0 Å². The average Bonchev–Trinajstić information content (AvgIpc) is 2.44. The van der Waals surface area contributed by atoms with E-state index in [0.717, 1.165) is 5.01 Å². The maximum Gasteiger partial charge on any atom is 0.0900 e. The van der Waals surface area contributed by atoms with Crippen LogP contribution in [0.25, 0.3) is 0 Å². The molecule has 86 valence electrons. The molecule has 0 spiro atoms. The highest BCUT2D eigenvalue weighted by molar-refractivity contribution is 7.11. The molecule has 0 aliphatic rings. The van der Waals surface area contributed by atoms with Gasteiger partial charge in [-0.1, -0.05) is 13.8 Å². The zero-order chi connectivity index (χ0) is 11.6. The fraction of sp³-hybridized carbons (Fsp3) is 0.750. The van der Waals surface area contributed by atoms with Crippen molar-refractivity contribution in [3.05, 3.63) is 15.6 Å². The van der Waals surface area contributed by atoms with Crippen molar-refractivity contribution in [2.45, 2.75) is 53.6 Å². The smallest absolute Gasteiger partial charge is 0.0900 e. The van der Waals surface area contributed by atoms with Crippen LogP contribution in [0, 0.1) is 19.8 Å². The minimum Gasteiger partial charge on any atom is -0.306 e. The second-order valence-corrected chi connectivity index (χ2v) is 6.00. The summed E-state index contributed by atoms with van der Waals surface area (Å²) in [7, 11) is 0. The number of aryl methyl sites for hydroxylation is 2. The Hall–Kier alpha value is -0.410. The number of hydrogen-bond acceptors (Lipinski definition) is 3. The lowest BCUT2D eigenvalue weighted by atomic mass is 10.0. The summed E-state index contributed by atoms with van der Waals surface area (Å²) in [5.74, 6) is 0.660. The highest BCUT2D eigenvalue weighted by Crippen LogP contribution is 2.23. The van der Waals surface area contributed by atoms with Gasteiger partial charge in [0.2, 0.25) is 0 Å². The number of aromatic nitrogens is 1. The summed E-state index contributed by atoms with van der Waals surface area (Å²) >= 11 is 1.78. The van der Waals surface area contributed by atoms with Crippen LogP contribution >= 0.6 is 11.3 Å². The Labute approximate surface area is 97.1 Å². The van der Waals surface area contributed by atoms with E-state index >= 15 is 0 Å². The van der Waals surface area contributed by atoms with Gasteiger partial charge in [-0.15, -0.1) is 11.3 Å². The predicted molar refractivity (Wildman–Crippen MR) is 67.4 cm³/mol. The van der Waals surface area contributed by atoms with Gasteiger partial charge in [0.15, 0.2) is 0 Å². The van der Waals surface area contributed by atoms with Crippen molar-refractivity contribution < 1.29 is 0 Å². The van der Waals surface area contributed by atoms with Crippen molar-refractivity contribution in [2.24, 2.45) is 5.92 Å². The molecular formula is C12H22N2S. The van der Waals surface area contributed by atoms with Gasteiger partial charge in [-0.25, -0.2) is 4.98 Å². The molecule has 0 saturated heterocycles. The molecule has 2 unspecified atom stereocenters. The van der Waals surface area contributed by atoms with Gasteiger partial charge in [-0.05, 0) is 33.6 Å². The van der Waals surface area contributed by atoms with Crippen LogP contribution in [0.5, 0.6) is 0 Å². The Balaban J connectivity index is 2.68. The van der Waals surface area contributed by atoms with Gasteiger partial charge in [0.1, 0.15) is 0 Å². The molecule has 1 aromatic heterocycles. The third kappa shape index (κ3) is 3.28. The second kappa shape index (κ2) is 5.08. The number of rotatable bonds is 4. The highest BCUT2D eigenvalue weighted by atomic mass is 32.1. The molecule has 1 heterocycles. The van der Waals surface area contributed by atoms with Crippen LogP contribution < -0.4 is 5.32 Å². The van der Waals surface area contributed by atoms with Crippen LogP contribution in [0.3, 0.4) is 0 Å². The molecule has 0 aromatic carbocycles. The fourth-order valence-corrected chi connectivity index (χ4v) is 2.53. The third-order valence-electron chi connectivity index (χ3n) is 2.86. The minimum atomic E-state index is 0.354. The second-order valence-electron chi connectivity index (χ2n) is 4.60. The van der Waals surface area contributed by atoms with Gasteiger partial charge in [0.25, 0.3) is 0 Å². The molecule has 1 N–H and O–H groups in total. The lowest BCUT2D eigenvalue weighted by Crippen LogP contribution is -2.33. The monoisotopic (exact) mass is 226 g/mol. The Kier molecular flexibility index (Phi) is 4.29. The molecule has 2 atom stereocenters. The molecule has 0 amide bonds. The molecule has 15 heavy (non-hydrogen) atoms. The van der Waals surface area contributed by atoms with Gasteiger partial charge in [0.05, 0.1) is 10.7 Å².